The molecule has 0 fully saturated rings. The summed E-state index contributed by atoms with van der Waals surface area (Å²) in [6.07, 6.45) is 0. The maximum absolute atomic E-state index is 13.4. The van der Waals surface area contributed by atoms with E-state index in [1.807, 2.05) is 6.92 Å². The van der Waals surface area contributed by atoms with Crippen LogP contribution in [0.25, 0.3) is 11.2 Å². The van der Waals surface area contributed by atoms with Crippen molar-refractivity contribution < 1.29 is 4.39 Å². The number of nitrogens with zero attached hydrogens (tertiary/aromatic N) is 6. The molecule has 160 valence electrons. The first-order chi connectivity index (χ1) is 14.7. The number of imidazole rings is 1. The molecule has 4 rings (SSSR count). The van der Waals surface area contributed by atoms with Crippen LogP contribution in [0.2, 0.25) is 0 Å². The highest BCUT2D eigenvalue weighted by Crippen LogP contribution is 2.26. The molecule has 2 aromatic heterocycles. The zero-order valence-corrected chi connectivity index (χ0v) is 17.7. The van der Waals surface area contributed by atoms with Crippen molar-refractivity contribution in [3.8, 4) is 0 Å². The zero-order valence-electron chi connectivity index (χ0n) is 17.7. The first-order valence-corrected chi connectivity index (χ1v) is 9.77. The summed E-state index contributed by atoms with van der Waals surface area (Å²) < 4.78 is 17.7. The highest BCUT2D eigenvalue weighted by atomic mass is 19.1. The normalized spacial score (nSPS) is 13.3. The molecule has 0 amide bonds. The molecular weight excluding hydrogens is 399 g/mol. The lowest BCUT2D eigenvalue weighted by molar-refractivity contribution is 0.627. The molecule has 0 atom stereocenters. The maximum atomic E-state index is 13.4. The number of rotatable bonds is 5. The van der Waals surface area contributed by atoms with Gasteiger partial charge in [0.05, 0.1) is 25.3 Å². The van der Waals surface area contributed by atoms with Crippen LogP contribution in [-0.4, -0.2) is 30.9 Å². The summed E-state index contributed by atoms with van der Waals surface area (Å²) in [6, 6.07) is 6.02. The van der Waals surface area contributed by atoms with E-state index in [2.05, 4.69) is 23.2 Å². The Labute approximate surface area is 177 Å². The van der Waals surface area contributed by atoms with Gasteiger partial charge in [-0.25, -0.2) is 14.2 Å². The molecule has 0 aliphatic carbocycles. The lowest BCUT2D eigenvalue weighted by Gasteiger charge is -2.26. The van der Waals surface area contributed by atoms with Gasteiger partial charge in [-0.05, 0) is 31.5 Å². The lowest BCUT2D eigenvalue weighted by atomic mass is 10.1. The van der Waals surface area contributed by atoms with Crippen molar-refractivity contribution in [1.29, 1.82) is 0 Å². The minimum Gasteiger partial charge on any atom is -0.297 e. The molecule has 0 radical (unpaired) electrons. The summed E-state index contributed by atoms with van der Waals surface area (Å²) in [7, 11) is 1.59. The number of anilines is 1. The Morgan fingerprint density at radius 2 is 1.74 bits per heavy atom. The van der Waals surface area contributed by atoms with Crippen LogP contribution in [0.1, 0.15) is 19.4 Å². The van der Waals surface area contributed by atoms with E-state index in [9.17, 15) is 14.0 Å². The number of hydrogen-bond donors (Lipinski definition) is 0. The third kappa shape index (κ3) is 3.52. The van der Waals surface area contributed by atoms with E-state index in [1.165, 1.54) is 16.7 Å². The molecule has 1 aliphatic heterocycles. The number of fused-ring (bicyclic) bond motifs is 3. The van der Waals surface area contributed by atoms with Gasteiger partial charge in [-0.15, -0.1) is 0 Å². The fraction of sp³-hybridized carbons (Fsp3) is 0.273. The molecule has 3 aromatic rings. The largest absolute Gasteiger partial charge is 0.332 e. The lowest BCUT2D eigenvalue weighted by Crippen LogP contribution is -2.40. The summed E-state index contributed by atoms with van der Waals surface area (Å²) >= 11 is 0. The smallest absolute Gasteiger partial charge is 0.297 e. The first-order valence-electron chi connectivity index (χ1n) is 9.77. The van der Waals surface area contributed by atoms with Crippen molar-refractivity contribution in [2.45, 2.75) is 26.9 Å². The number of benzene rings is 1. The predicted molar refractivity (Wildman–Crippen MR) is 119 cm³/mol. The number of allylic oxidation sites excluding steroid dienone is 1. The molecule has 1 aliphatic rings. The average molecular weight is 422 g/mol. The second-order valence-corrected chi connectivity index (χ2v) is 7.93. The molecule has 3 heterocycles. The molecule has 0 saturated carbocycles. The number of hydrogen-bond acceptors (Lipinski definition) is 5. The molecule has 0 spiro atoms. The number of halogens is 1. The van der Waals surface area contributed by atoms with Gasteiger partial charge in [0.25, 0.3) is 5.56 Å². The molecular formula is C22H23FN6O2. The Kier molecular flexibility index (Phi) is 4.96. The van der Waals surface area contributed by atoms with Crippen molar-refractivity contribution in [2.75, 3.05) is 11.6 Å². The van der Waals surface area contributed by atoms with Crippen LogP contribution < -0.4 is 16.3 Å². The fourth-order valence-corrected chi connectivity index (χ4v) is 3.64. The Hall–Kier alpha value is -3.75. The molecule has 1 aromatic carbocycles. The van der Waals surface area contributed by atoms with Crippen LogP contribution in [-0.2, 0) is 20.1 Å². The van der Waals surface area contributed by atoms with Crippen molar-refractivity contribution in [3.05, 3.63) is 80.8 Å². The van der Waals surface area contributed by atoms with E-state index < -0.39 is 11.2 Å². The predicted octanol–water partition coefficient (Wildman–Crippen LogP) is 2.41. The van der Waals surface area contributed by atoms with Gasteiger partial charge in [-0.3, -0.25) is 18.5 Å². The highest BCUT2D eigenvalue weighted by molar-refractivity contribution is 6.02. The second kappa shape index (κ2) is 7.50. The Balaban J connectivity index is 1.98. The minimum atomic E-state index is -0.456. The zero-order chi connectivity index (χ0) is 22.4. The van der Waals surface area contributed by atoms with Crippen molar-refractivity contribution >= 4 is 22.8 Å². The Morgan fingerprint density at radius 3 is 2.35 bits per heavy atom. The van der Waals surface area contributed by atoms with Crippen molar-refractivity contribution in [2.24, 2.45) is 12.1 Å². The van der Waals surface area contributed by atoms with Gasteiger partial charge in [-0.1, -0.05) is 36.4 Å². The summed E-state index contributed by atoms with van der Waals surface area (Å²) in [5.74, 6) is 0.106. The summed E-state index contributed by atoms with van der Waals surface area (Å²) in [5, 5.41) is 6.33. The SMILES string of the molecule is C=C(C)CN1N=C(c2ccc(F)cc2)Cn2c1nc1c2c(=O)n(CC(=C)C)c(=O)n1C. The van der Waals surface area contributed by atoms with Crippen LogP contribution in [0, 0.1) is 5.82 Å². The number of aryl methyl sites for hydroxylation is 1. The molecule has 8 nitrogen and oxygen atoms in total. The maximum Gasteiger partial charge on any atom is 0.332 e. The van der Waals surface area contributed by atoms with Gasteiger partial charge in [-0.2, -0.15) is 10.1 Å². The van der Waals surface area contributed by atoms with Gasteiger partial charge in [0.1, 0.15) is 5.82 Å². The number of aromatic nitrogens is 4. The summed E-state index contributed by atoms with van der Waals surface area (Å²) in [6.45, 7) is 12.2. The van der Waals surface area contributed by atoms with Crippen LogP contribution in [0.15, 0.2) is 63.3 Å². The topological polar surface area (TPSA) is 77.4 Å². The Bertz CT molecular complexity index is 1370. The third-order valence-corrected chi connectivity index (χ3v) is 5.02. The molecule has 0 saturated heterocycles. The molecule has 0 unspecified atom stereocenters. The van der Waals surface area contributed by atoms with Gasteiger partial charge < -0.3 is 0 Å². The van der Waals surface area contributed by atoms with E-state index in [0.29, 0.717) is 29.3 Å². The highest BCUT2D eigenvalue weighted by Gasteiger charge is 2.28. The molecule has 31 heavy (non-hydrogen) atoms. The average Bonchev–Trinajstić information content (AvgIpc) is 3.09. The summed E-state index contributed by atoms with van der Waals surface area (Å²) in [5.41, 5.74) is 2.61. The van der Waals surface area contributed by atoms with E-state index in [4.69, 9.17) is 0 Å². The fourth-order valence-electron chi connectivity index (χ4n) is 3.64. The van der Waals surface area contributed by atoms with Crippen LogP contribution in [0.4, 0.5) is 10.3 Å². The van der Waals surface area contributed by atoms with Crippen LogP contribution in [0.3, 0.4) is 0 Å². The second-order valence-electron chi connectivity index (χ2n) is 7.93. The van der Waals surface area contributed by atoms with Crippen LogP contribution >= 0.6 is 0 Å². The van der Waals surface area contributed by atoms with Crippen molar-refractivity contribution in [3.63, 3.8) is 0 Å². The van der Waals surface area contributed by atoms with E-state index in [-0.39, 0.29) is 24.6 Å². The third-order valence-electron chi connectivity index (χ3n) is 5.02. The van der Waals surface area contributed by atoms with Gasteiger partial charge in [0, 0.05) is 7.05 Å². The monoisotopic (exact) mass is 422 g/mol. The molecule has 9 heteroatoms. The van der Waals surface area contributed by atoms with Crippen molar-refractivity contribution in [1.82, 2.24) is 18.7 Å². The summed E-state index contributed by atoms with van der Waals surface area (Å²) in [4.78, 5) is 30.7. The van der Waals surface area contributed by atoms with E-state index in [1.54, 1.807) is 35.7 Å². The van der Waals surface area contributed by atoms with E-state index >= 15 is 0 Å². The number of hydrazone groups is 1. The standard InChI is InChI=1S/C22H23FN6O2/c1-13(2)10-28-20(30)18-19(26(5)22(28)31)24-21-27(18)12-17(25-29(21)11-14(3)4)15-6-8-16(23)9-7-15/h6-9H,1,3,10-12H2,2,4-5H3. The van der Waals surface area contributed by atoms with Gasteiger partial charge in [0.2, 0.25) is 5.95 Å². The van der Waals surface area contributed by atoms with Crippen LogP contribution in [0.5, 0.6) is 0 Å². The minimum absolute atomic E-state index is 0.121. The van der Waals surface area contributed by atoms with E-state index in [0.717, 1.165) is 15.7 Å². The quantitative estimate of drug-likeness (QED) is 0.592. The molecule has 0 N–H and O–H groups in total. The first kappa shape index (κ1) is 20.5. The molecule has 0 bridgehead atoms. The Morgan fingerprint density at radius 1 is 1.10 bits per heavy atom. The van der Waals surface area contributed by atoms with Gasteiger partial charge >= 0.3 is 5.69 Å². The van der Waals surface area contributed by atoms with Gasteiger partial charge in [0.15, 0.2) is 11.2 Å².